The molecule has 5 aromatic rings. The van der Waals surface area contributed by atoms with E-state index in [4.69, 9.17) is 4.98 Å². The Morgan fingerprint density at radius 3 is 2.54 bits per heavy atom. The van der Waals surface area contributed by atoms with Gasteiger partial charge in [-0.2, -0.15) is 0 Å². The van der Waals surface area contributed by atoms with Gasteiger partial charge < -0.3 is 0 Å². The molecule has 1 aliphatic heterocycles. The van der Waals surface area contributed by atoms with E-state index in [1.165, 1.54) is 11.3 Å². The smallest absolute Gasteiger partial charge is 0.145 e. The number of fused-ring (bicyclic) bond motifs is 6. The zero-order valence-electron chi connectivity index (χ0n) is 18.9. The van der Waals surface area contributed by atoms with Crippen molar-refractivity contribution in [1.82, 2.24) is 19.5 Å². The number of rotatable bonds is 3. The zero-order chi connectivity index (χ0) is 23.2. The van der Waals surface area contributed by atoms with Gasteiger partial charge in [0.05, 0.1) is 17.1 Å². The van der Waals surface area contributed by atoms with Crippen LogP contribution in [0.15, 0.2) is 115 Å². The maximum Gasteiger partial charge on any atom is 0.145 e. The number of allylic oxidation sites excluding steroid dienone is 1. The minimum atomic E-state index is 0.114. The van der Waals surface area contributed by atoms with E-state index in [0.29, 0.717) is 0 Å². The third-order valence-electron chi connectivity index (χ3n) is 6.80. The Bertz CT molecular complexity index is 1600. The second kappa shape index (κ2) is 7.99. The van der Waals surface area contributed by atoms with Crippen molar-refractivity contribution in [2.24, 2.45) is 4.99 Å². The molecule has 4 heterocycles. The van der Waals surface area contributed by atoms with Gasteiger partial charge in [-0.1, -0.05) is 54.6 Å². The van der Waals surface area contributed by atoms with E-state index < -0.39 is 0 Å². The average Bonchev–Trinajstić information content (AvgIpc) is 3.36. The van der Waals surface area contributed by atoms with Gasteiger partial charge in [-0.3, -0.25) is 19.5 Å². The first-order valence-electron chi connectivity index (χ1n) is 11.7. The van der Waals surface area contributed by atoms with Gasteiger partial charge in [0.1, 0.15) is 5.82 Å². The first-order chi connectivity index (χ1) is 17.4. The topological polar surface area (TPSA) is 56.0 Å². The van der Waals surface area contributed by atoms with E-state index in [-0.39, 0.29) is 11.8 Å². The van der Waals surface area contributed by atoms with E-state index >= 15 is 0 Å². The Morgan fingerprint density at radius 1 is 0.771 bits per heavy atom. The van der Waals surface area contributed by atoms with E-state index in [0.717, 1.165) is 39.6 Å². The minimum Gasteiger partial charge on any atom is -0.295 e. The summed E-state index contributed by atoms with van der Waals surface area (Å²) in [6.07, 6.45) is 11.8. The van der Waals surface area contributed by atoms with Crippen LogP contribution in [0.5, 0.6) is 0 Å². The zero-order valence-corrected chi connectivity index (χ0v) is 18.9. The number of aromatic nitrogens is 4. The molecule has 3 aromatic heterocycles. The molecule has 0 fully saturated rings. The number of imidazole rings is 1. The number of nitrogens with zero attached hydrogens (tertiary/aromatic N) is 5. The van der Waals surface area contributed by atoms with Gasteiger partial charge >= 0.3 is 0 Å². The van der Waals surface area contributed by atoms with Crippen LogP contribution in [0.25, 0.3) is 39.6 Å². The van der Waals surface area contributed by atoms with Crippen molar-refractivity contribution in [2.45, 2.75) is 11.8 Å². The van der Waals surface area contributed by atoms with Gasteiger partial charge in [0.2, 0.25) is 0 Å². The summed E-state index contributed by atoms with van der Waals surface area (Å²) in [6.45, 7) is 0. The Morgan fingerprint density at radius 2 is 1.66 bits per heavy atom. The van der Waals surface area contributed by atoms with Crippen molar-refractivity contribution >= 4 is 6.21 Å². The predicted octanol–water partition coefficient (Wildman–Crippen LogP) is 6.44. The molecule has 2 aliphatic rings. The summed E-state index contributed by atoms with van der Waals surface area (Å²) < 4.78 is 2.32. The first kappa shape index (κ1) is 19.8. The van der Waals surface area contributed by atoms with Crippen molar-refractivity contribution < 1.29 is 0 Å². The normalized spacial score (nSPS) is 17.5. The Labute approximate surface area is 203 Å². The van der Waals surface area contributed by atoms with Crippen molar-refractivity contribution in [3.63, 3.8) is 0 Å². The number of benzene rings is 2. The second-order valence-electron chi connectivity index (χ2n) is 8.79. The van der Waals surface area contributed by atoms with Gasteiger partial charge in [0, 0.05) is 65.2 Å². The molecule has 0 saturated heterocycles. The molecule has 7 rings (SSSR count). The molecule has 2 atom stereocenters. The molecular formula is C30H21N5. The Balaban J connectivity index is 1.53. The van der Waals surface area contributed by atoms with E-state index in [9.17, 15) is 0 Å². The fourth-order valence-electron chi connectivity index (χ4n) is 5.24. The summed E-state index contributed by atoms with van der Waals surface area (Å²) in [5.41, 5.74) is 8.63. The molecule has 0 radical (unpaired) electrons. The molecule has 5 heteroatoms. The molecule has 35 heavy (non-hydrogen) atoms. The van der Waals surface area contributed by atoms with Gasteiger partial charge in [0.15, 0.2) is 0 Å². The van der Waals surface area contributed by atoms with Crippen LogP contribution in [0.1, 0.15) is 23.1 Å². The summed E-state index contributed by atoms with van der Waals surface area (Å²) in [5, 5.41) is 0. The highest BCUT2D eigenvalue weighted by molar-refractivity contribution is 5.84. The third kappa shape index (κ3) is 3.16. The van der Waals surface area contributed by atoms with Crippen LogP contribution >= 0.6 is 0 Å². The highest BCUT2D eigenvalue weighted by Crippen LogP contribution is 2.49. The van der Waals surface area contributed by atoms with Crippen LogP contribution < -0.4 is 0 Å². The van der Waals surface area contributed by atoms with E-state index in [1.807, 2.05) is 55.3 Å². The van der Waals surface area contributed by atoms with Crippen LogP contribution in [0.2, 0.25) is 0 Å². The molecule has 166 valence electrons. The van der Waals surface area contributed by atoms with Crippen LogP contribution in [0.4, 0.5) is 0 Å². The summed E-state index contributed by atoms with van der Waals surface area (Å²) in [6, 6.07) is 27.0. The Hall–Kier alpha value is -4.64. The standard InChI is InChI=1S/C30H21N5/c1-2-7-20(8-3-1)30-34-28-23-12-15-31-18-25(23)26-19-32-16-13-24(26)29(28)35(30)22-10-6-9-21(17-22)27-11-4-5-14-33-27/h1-19,24,26H. The molecular weight excluding hydrogens is 430 g/mol. The average molecular weight is 452 g/mol. The second-order valence-corrected chi connectivity index (χ2v) is 8.79. The van der Waals surface area contributed by atoms with Crippen molar-refractivity contribution in [3.8, 4) is 39.6 Å². The quantitative estimate of drug-likeness (QED) is 0.317. The molecule has 0 amide bonds. The van der Waals surface area contributed by atoms with Gasteiger partial charge in [0.25, 0.3) is 0 Å². The summed E-state index contributed by atoms with van der Waals surface area (Å²) in [7, 11) is 0. The molecule has 0 bridgehead atoms. The summed E-state index contributed by atoms with van der Waals surface area (Å²) in [5.74, 6) is 1.16. The predicted molar refractivity (Wildman–Crippen MR) is 139 cm³/mol. The van der Waals surface area contributed by atoms with Crippen LogP contribution in [0.3, 0.4) is 0 Å². The maximum atomic E-state index is 5.27. The summed E-state index contributed by atoms with van der Waals surface area (Å²) >= 11 is 0. The van der Waals surface area contributed by atoms with E-state index in [1.54, 1.807) is 0 Å². The lowest BCUT2D eigenvalue weighted by molar-refractivity contribution is 0.714. The highest BCUT2D eigenvalue weighted by atomic mass is 15.1. The highest BCUT2D eigenvalue weighted by Gasteiger charge is 2.38. The van der Waals surface area contributed by atoms with Crippen LogP contribution in [0, 0.1) is 0 Å². The molecule has 2 unspecified atom stereocenters. The maximum absolute atomic E-state index is 5.27. The lowest BCUT2D eigenvalue weighted by Gasteiger charge is -2.31. The van der Waals surface area contributed by atoms with E-state index in [2.05, 4.69) is 80.2 Å². The minimum absolute atomic E-state index is 0.114. The van der Waals surface area contributed by atoms with Crippen LogP contribution in [-0.2, 0) is 0 Å². The fourth-order valence-corrected chi connectivity index (χ4v) is 5.24. The molecule has 0 N–H and O–H groups in total. The first-order valence-corrected chi connectivity index (χ1v) is 11.7. The van der Waals surface area contributed by atoms with Gasteiger partial charge in [-0.15, -0.1) is 0 Å². The van der Waals surface area contributed by atoms with Gasteiger partial charge in [-0.25, -0.2) is 4.98 Å². The lowest BCUT2D eigenvalue weighted by Crippen LogP contribution is -2.22. The lowest BCUT2D eigenvalue weighted by atomic mass is 9.76. The fraction of sp³-hybridized carbons (Fsp3) is 0.0667. The summed E-state index contributed by atoms with van der Waals surface area (Å²) in [4.78, 5) is 18.8. The van der Waals surface area contributed by atoms with Crippen molar-refractivity contribution in [1.29, 1.82) is 0 Å². The largest absolute Gasteiger partial charge is 0.295 e. The molecule has 0 saturated carbocycles. The number of pyridine rings is 2. The van der Waals surface area contributed by atoms with Crippen LogP contribution in [-0.4, -0.2) is 25.7 Å². The SMILES string of the molecule is C1=CC2c3c(nc(-c4ccccc4)n3-c3cccc(-c4ccccn4)c3)-c3ccncc3C2C=N1. The number of aliphatic imine (C=N–C) groups is 1. The van der Waals surface area contributed by atoms with Gasteiger partial charge in [-0.05, 0) is 35.9 Å². The molecule has 5 nitrogen and oxygen atoms in total. The number of hydrogen-bond acceptors (Lipinski definition) is 4. The molecule has 2 aromatic carbocycles. The van der Waals surface area contributed by atoms with Crippen molar-refractivity contribution in [3.05, 3.63) is 121 Å². The van der Waals surface area contributed by atoms with Crippen molar-refractivity contribution in [2.75, 3.05) is 0 Å². The number of hydrogen-bond donors (Lipinski definition) is 0. The molecule has 0 spiro atoms. The third-order valence-corrected chi connectivity index (χ3v) is 6.80. The molecule has 1 aliphatic carbocycles. The monoisotopic (exact) mass is 451 g/mol. The Kier molecular flexibility index (Phi) is 4.52.